The van der Waals surface area contributed by atoms with E-state index in [0.717, 1.165) is 22.5 Å². The maximum atomic E-state index is 14.2. The molecule has 36 heavy (non-hydrogen) atoms. The third-order valence-corrected chi connectivity index (χ3v) is 5.68. The average molecular weight is 480 g/mol. The van der Waals surface area contributed by atoms with Crippen LogP contribution >= 0.6 is 0 Å². The van der Waals surface area contributed by atoms with Crippen molar-refractivity contribution in [1.82, 2.24) is 25.1 Å². The minimum absolute atomic E-state index is 0.138. The molecule has 2 aromatic carbocycles. The van der Waals surface area contributed by atoms with Crippen LogP contribution in [0.25, 0.3) is 10.9 Å². The van der Waals surface area contributed by atoms with E-state index < -0.39 is 17.8 Å². The second-order valence-electron chi connectivity index (χ2n) is 8.46. The third-order valence-electron chi connectivity index (χ3n) is 5.68. The fraction of sp³-hybridized carbons (Fsp3) is 0.107. The molecule has 3 heterocycles. The zero-order valence-electron chi connectivity index (χ0n) is 19.6. The first-order valence-electron chi connectivity index (χ1n) is 11.2. The van der Waals surface area contributed by atoms with Crippen molar-refractivity contribution in [2.24, 2.45) is 7.05 Å². The van der Waals surface area contributed by atoms with Crippen molar-refractivity contribution in [1.29, 1.82) is 0 Å². The molecule has 5 rings (SSSR count). The summed E-state index contributed by atoms with van der Waals surface area (Å²) in [6.45, 7) is 1.78. The predicted molar refractivity (Wildman–Crippen MR) is 134 cm³/mol. The molecule has 0 aliphatic carbocycles. The standard InChI is InChI=1S/C28H22FN5O2/c1-17-11-18(7-8-19-15-30-34(2)16-19)12-25(31-17)28(36)33-27(22-14-21(29)9-10-26(22)35)24-13-20-5-3-4-6-23(20)32-24/h3-6,9-16,27,32,35H,1-2H3,(H,33,36). The quantitative estimate of drug-likeness (QED) is 0.334. The van der Waals surface area contributed by atoms with Gasteiger partial charge in [0.05, 0.1) is 17.8 Å². The van der Waals surface area contributed by atoms with Crippen molar-refractivity contribution in [3.63, 3.8) is 0 Å². The van der Waals surface area contributed by atoms with Crippen LogP contribution in [0, 0.1) is 24.6 Å². The first kappa shape index (κ1) is 22.9. The smallest absolute Gasteiger partial charge is 0.270 e. The highest BCUT2D eigenvalue weighted by atomic mass is 19.1. The molecule has 3 aromatic heterocycles. The average Bonchev–Trinajstić information content (AvgIpc) is 3.48. The van der Waals surface area contributed by atoms with Crippen LogP contribution in [0.2, 0.25) is 0 Å². The lowest BCUT2D eigenvalue weighted by molar-refractivity contribution is 0.0936. The number of aryl methyl sites for hydroxylation is 2. The number of halogens is 1. The molecule has 3 N–H and O–H groups in total. The Kier molecular flexibility index (Phi) is 5.97. The van der Waals surface area contributed by atoms with Gasteiger partial charge in [0.1, 0.15) is 17.3 Å². The van der Waals surface area contributed by atoms with Crippen LogP contribution in [0.5, 0.6) is 5.75 Å². The molecule has 0 aliphatic rings. The van der Waals surface area contributed by atoms with Gasteiger partial charge >= 0.3 is 0 Å². The lowest BCUT2D eigenvalue weighted by Crippen LogP contribution is -2.30. The highest BCUT2D eigenvalue weighted by Gasteiger charge is 2.24. The molecule has 178 valence electrons. The normalized spacial score (nSPS) is 11.6. The van der Waals surface area contributed by atoms with E-state index in [1.165, 1.54) is 12.1 Å². The summed E-state index contributed by atoms with van der Waals surface area (Å²) >= 11 is 0. The number of carbonyl (C=O) groups is 1. The molecule has 5 aromatic rings. The number of hydrogen-bond donors (Lipinski definition) is 3. The summed E-state index contributed by atoms with van der Waals surface area (Å²) in [5.74, 6) is 4.91. The van der Waals surface area contributed by atoms with Crippen LogP contribution in [0.4, 0.5) is 4.39 Å². The van der Waals surface area contributed by atoms with E-state index in [1.54, 1.807) is 36.1 Å². The van der Waals surface area contributed by atoms with E-state index >= 15 is 0 Å². The SMILES string of the molecule is Cc1cc(C#Cc2cnn(C)c2)cc(C(=O)NC(c2cc3ccccc3[nH]2)c2cc(F)ccc2O)n1. The van der Waals surface area contributed by atoms with Gasteiger partial charge in [0.25, 0.3) is 5.91 Å². The van der Waals surface area contributed by atoms with E-state index in [-0.39, 0.29) is 17.0 Å². The molecular weight excluding hydrogens is 457 g/mol. The van der Waals surface area contributed by atoms with E-state index in [4.69, 9.17) is 0 Å². The number of amides is 1. The molecule has 0 fully saturated rings. The van der Waals surface area contributed by atoms with Gasteiger partial charge in [0, 0.05) is 41.3 Å². The number of aromatic hydroxyl groups is 1. The number of benzene rings is 2. The molecule has 1 unspecified atom stereocenters. The number of nitrogens with one attached hydrogen (secondary N) is 2. The molecule has 0 spiro atoms. The first-order valence-corrected chi connectivity index (χ1v) is 11.2. The van der Waals surface area contributed by atoms with Gasteiger partial charge in [-0.15, -0.1) is 0 Å². The summed E-state index contributed by atoms with van der Waals surface area (Å²) in [6, 6.07) is 15.6. The zero-order valence-corrected chi connectivity index (χ0v) is 19.6. The van der Waals surface area contributed by atoms with Crippen molar-refractivity contribution in [3.05, 3.63) is 113 Å². The summed E-state index contributed by atoms with van der Waals surface area (Å²) in [5.41, 5.74) is 3.81. The highest BCUT2D eigenvalue weighted by molar-refractivity contribution is 5.93. The number of nitrogens with zero attached hydrogens (tertiary/aromatic N) is 3. The number of rotatable bonds is 4. The van der Waals surface area contributed by atoms with Crippen LogP contribution in [0.15, 0.2) is 73.1 Å². The van der Waals surface area contributed by atoms with E-state index in [1.807, 2.05) is 37.4 Å². The van der Waals surface area contributed by atoms with Gasteiger partial charge in [-0.25, -0.2) is 9.37 Å². The van der Waals surface area contributed by atoms with Gasteiger partial charge in [-0.1, -0.05) is 30.0 Å². The molecular formula is C28H22FN5O2. The fourth-order valence-electron chi connectivity index (χ4n) is 4.02. The topological polar surface area (TPSA) is 95.8 Å². The number of aromatic nitrogens is 4. The van der Waals surface area contributed by atoms with Crippen LogP contribution in [-0.2, 0) is 7.05 Å². The molecule has 1 amide bonds. The Hall–Kier alpha value is -4.90. The lowest BCUT2D eigenvalue weighted by Gasteiger charge is -2.19. The van der Waals surface area contributed by atoms with Crippen molar-refractivity contribution >= 4 is 16.8 Å². The Labute approximate surface area is 206 Å². The number of phenols is 1. The lowest BCUT2D eigenvalue weighted by atomic mass is 10.0. The van der Waals surface area contributed by atoms with Crippen molar-refractivity contribution in [2.75, 3.05) is 0 Å². The van der Waals surface area contributed by atoms with Gasteiger partial charge in [0.2, 0.25) is 0 Å². The number of H-pyrrole nitrogens is 1. The molecule has 0 aliphatic heterocycles. The maximum absolute atomic E-state index is 14.2. The summed E-state index contributed by atoms with van der Waals surface area (Å²) in [6.07, 6.45) is 3.45. The van der Waals surface area contributed by atoms with Gasteiger partial charge in [-0.05, 0) is 54.8 Å². The molecule has 0 saturated carbocycles. The summed E-state index contributed by atoms with van der Waals surface area (Å²) < 4.78 is 15.8. The fourth-order valence-corrected chi connectivity index (χ4v) is 4.02. The molecule has 0 saturated heterocycles. The van der Waals surface area contributed by atoms with Gasteiger partial charge in [-0.2, -0.15) is 5.10 Å². The molecule has 8 heteroatoms. The van der Waals surface area contributed by atoms with Gasteiger partial charge in [-0.3, -0.25) is 9.48 Å². The van der Waals surface area contributed by atoms with Gasteiger partial charge in [0.15, 0.2) is 0 Å². The minimum Gasteiger partial charge on any atom is -0.508 e. The number of carbonyl (C=O) groups excluding carboxylic acids is 1. The largest absolute Gasteiger partial charge is 0.508 e. The van der Waals surface area contributed by atoms with Crippen molar-refractivity contribution in [2.45, 2.75) is 13.0 Å². The summed E-state index contributed by atoms with van der Waals surface area (Å²) in [5, 5.41) is 18.4. The van der Waals surface area contributed by atoms with Crippen molar-refractivity contribution in [3.8, 4) is 17.6 Å². The monoisotopic (exact) mass is 479 g/mol. The Morgan fingerprint density at radius 2 is 1.92 bits per heavy atom. The third kappa shape index (κ3) is 4.81. The van der Waals surface area contributed by atoms with Crippen LogP contribution in [0.3, 0.4) is 0 Å². The van der Waals surface area contributed by atoms with E-state index in [0.29, 0.717) is 17.0 Å². The second kappa shape index (κ2) is 9.39. The molecule has 1 atom stereocenters. The summed E-state index contributed by atoms with van der Waals surface area (Å²) in [4.78, 5) is 21.0. The predicted octanol–water partition coefficient (Wildman–Crippen LogP) is 4.37. The molecule has 0 bridgehead atoms. The number of para-hydroxylation sites is 1. The second-order valence-corrected chi connectivity index (χ2v) is 8.46. The van der Waals surface area contributed by atoms with E-state index in [9.17, 15) is 14.3 Å². The Morgan fingerprint density at radius 3 is 2.69 bits per heavy atom. The number of fused-ring (bicyclic) bond motifs is 1. The van der Waals surface area contributed by atoms with Crippen molar-refractivity contribution < 1.29 is 14.3 Å². The Balaban J connectivity index is 1.51. The number of phenolic OH excluding ortho intramolecular Hbond substituents is 1. The van der Waals surface area contributed by atoms with Gasteiger partial charge < -0.3 is 15.4 Å². The van der Waals surface area contributed by atoms with Crippen LogP contribution in [0.1, 0.15) is 44.6 Å². The molecule has 7 nitrogen and oxygen atoms in total. The Morgan fingerprint density at radius 1 is 1.11 bits per heavy atom. The van der Waals surface area contributed by atoms with Crippen LogP contribution < -0.4 is 5.32 Å². The van der Waals surface area contributed by atoms with E-state index in [2.05, 4.69) is 32.2 Å². The summed E-state index contributed by atoms with van der Waals surface area (Å²) in [7, 11) is 1.81. The zero-order chi connectivity index (χ0) is 25.2. The number of aromatic amines is 1. The maximum Gasteiger partial charge on any atom is 0.270 e. The molecule has 0 radical (unpaired) electrons. The Bertz CT molecular complexity index is 1620. The highest BCUT2D eigenvalue weighted by Crippen LogP contribution is 2.31. The number of pyridine rings is 1. The van der Waals surface area contributed by atoms with Crippen LogP contribution in [-0.4, -0.2) is 30.8 Å². The number of hydrogen-bond acceptors (Lipinski definition) is 4. The minimum atomic E-state index is -0.854. The first-order chi connectivity index (χ1) is 17.4.